The van der Waals surface area contributed by atoms with Gasteiger partial charge in [-0.3, -0.25) is 0 Å². The van der Waals surface area contributed by atoms with Crippen LogP contribution in [0.25, 0.3) is 11.0 Å². The van der Waals surface area contributed by atoms with Crippen LogP contribution in [0.4, 0.5) is 5.69 Å². The van der Waals surface area contributed by atoms with Crippen molar-refractivity contribution in [1.29, 1.82) is 0 Å². The number of nitrogens with zero attached hydrogens (tertiary/aromatic N) is 2. The third kappa shape index (κ3) is 3.03. The number of nitrogens with two attached hydrogens (primary N) is 1. The summed E-state index contributed by atoms with van der Waals surface area (Å²) < 4.78 is 0. The smallest absolute Gasteiger partial charge is 0.161 e. The Labute approximate surface area is 115 Å². The molecule has 0 spiro atoms. The Morgan fingerprint density at radius 3 is 2.58 bits per heavy atom. The van der Waals surface area contributed by atoms with Crippen LogP contribution in [0, 0.1) is 13.8 Å². The number of unbranched alkanes of at least 4 members (excludes halogenated alkanes) is 3. The van der Waals surface area contributed by atoms with Crippen molar-refractivity contribution in [1.82, 2.24) is 9.97 Å². The highest BCUT2D eigenvalue weighted by atomic mass is 14.9. The van der Waals surface area contributed by atoms with E-state index < -0.39 is 0 Å². The molecule has 0 saturated carbocycles. The van der Waals surface area contributed by atoms with Gasteiger partial charge in [0, 0.05) is 22.5 Å². The van der Waals surface area contributed by atoms with E-state index in [-0.39, 0.29) is 0 Å². The fourth-order valence-corrected chi connectivity index (χ4v) is 2.47. The third-order valence-electron chi connectivity index (χ3n) is 3.62. The first-order chi connectivity index (χ1) is 9.13. The Bertz CT molecular complexity index is 576. The van der Waals surface area contributed by atoms with Crippen LogP contribution in [-0.4, -0.2) is 9.97 Å². The average Bonchev–Trinajstić information content (AvgIpc) is 2.37. The molecule has 2 N–H and O–H groups in total. The lowest BCUT2D eigenvalue weighted by Gasteiger charge is -2.12. The summed E-state index contributed by atoms with van der Waals surface area (Å²) in [6.07, 6.45) is 6.02. The van der Waals surface area contributed by atoms with Crippen LogP contribution >= 0.6 is 0 Å². The van der Waals surface area contributed by atoms with E-state index >= 15 is 0 Å². The number of hydrogen-bond donors (Lipinski definition) is 1. The summed E-state index contributed by atoms with van der Waals surface area (Å²) in [5, 5.41) is 0.988. The number of anilines is 1. The second-order valence-corrected chi connectivity index (χ2v) is 5.22. The van der Waals surface area contributed by atoms with Gasteiger partial charge in [0.05, 0.1) is 0 Å². The van der Waals surface area contributed by atoms with Gasteiger partial charge in [-0.1, -0.05) is 26.2 Å². The summed E-state index contributed by atoms with van der Waals surface area (Å²) in [6.45, 7) is 6.24. The molecule has 0 aromatic carbocycles. The van der Waals surface area contributed by atoms with Crippen LogP contribution < -0.4 is 5.73 Å². The summed E-state index contributed by atoms with van der Waals surface area (Å²) in [4.78, 5) is 9.06. The van der Waals surface area contributed by atoms with Crippen LogP contribution in [0.1, 0.15) is 49.6 Å². The molecule has 2 heterocycles. The maximum Gasteiger partial charge on any atom is 0.161 e. The second-order valence-electron chi connectivity index (χ2n) is 5.22. The summed E-state index contributed by atoms with van der Waals surface area (Å²) in [5.41, 5.74) is 11.2. The van der Waals surface area contributed by atoms with Gasteiger partial charge < -0.3 is 5.73 Å². The zero-order valence-corrected chi connectivity index (χ0v) is 12.2. The normalized spacial score (nSPS) is 11.1. The van der Waals surface area contributed by atoms with Crippen molar-refractivity contribution in [3.8, 4) is 0 Å². The molecule has 0 aliphatic rings. The lowest BCUT2D eigenvalue weighted by Crippen LogP contribution is -2.03. The molecule has 0 fully saturated rings. The fraction of sp³-hybridized carbons (Fsp3) is 0.500. The number of nitrogen functional groups attached to an aromatic ring is 1. The first-order valence-electron chi connectivity index (χ1n) is 7.15. The standard InChI is InChI=1S/C16H23N3/c1-4-5-6-7-8-13-12(3)19-16-14(15(13)17)10-9-11(2)18-16/h9-10H,4-8H2,1-3H3,(H2,17,18,19). The van der Waals surface area contributed by atoms with Gasteiger partial charge in [0.25, 0.3) is 0 Å². The highest BCUT2D eigenvalue weighted by Crippen LogP contribution is 2.26. The molecule has 0 bridgehead atoms. The molecule has 19 heavy (non-hydrogen) atoms. The second kappa shape index (κ2) is 6.00. The van der Waals surface area contributed by atoms with E-state index in [1.54, 1.807) is 0 Å². The molecule has 3 nitrogen and oxygen atoms in total. The highest BCUT2D eigenvalue weighted by Gasteiger charge is 2.10. The molecule has 0 aliphatic heterocycles. The number of fused-ring (bicyclic) bond motifs is 1. The molecule has 0 aliphatic carbocycles. The van der Waals surface area contributed by atoms with Gasteiger partial charge in [-0.15, -0.1) is 0 Å². The molecule has 0 amide bonds. The lowest BCUT2D eigenvalue weighted by atomic mass is 10.0. The zero-order valence-electron chi connectivity index (χ0n) is 12.2. The van der Waals surface area contributed by atoms with Crippen molar-refractivity contribution in [3.63, 3.8) is 0 Å². The van der Waals surface area contributed by atoms with Gasteiger partial charge in [-0.05, 0) is 44.4 Å². The van der Waals surface area contributed by atoms with Crippen molar-refractivity contribution in [3.05, 3.63) is 29.1 Å². The molecule has 102 valence electrons. The maximum absolute atomic E-state index is 6.30. The summed E-state index contributed by atoms with van der Waals surface area (Å²) in [7, 11) is 0. The molecule has 0 unspecified atom stereocenters. The van der Waals surface area contributed by atoms with E-state index in [9.17, 15) is 0 Å². The number of pyridine rings is 2. The summed E-state index contributed by atoms with van der Waals surface area (Å²) in [5.74, 6) is 0. The van der Waals surface area contributed by atoms with Gasteiger partial charge in [-0.25, -0.2) is 9.97 Å². The van der Waals surface area contributed by atoms with Gasteiger partial charge in [0.1, 0.15) is 0 Å². The minimum atomic E-state index is 0.771. The Balaban J connectivity index is 2.31. The largest absolute Gasteiger partial charge is 0.398 e. The van der Waals surface area contributed by atoms with E-state index in [4.69, 9.17) is 5.73 Å². The molecule has 2 aromatic rings. The predicted octanol–water partition coefficient (Wildman–Crippen LogP) is 3.95. The Morgan fingerprint density at radius 1 is 1.05 bits per heavy atom. The molecule has 0 saturated heterocycles. The van der Waals surface area contributed by atoms with Crippen LogP contribution in [0.5, 0.6) is 0 Å². The average molecular weight is 257 g/mol. The lowest BCUT2D eigenvalue weighted by molar-refractivity contribution is 0.665. The molecule has 3 heteroatoms. The minimum absolute atomic E-state index is 0.771. The summed E-state index contributed by atoms with van der Waals surface area (Å²) >= 11 is 0. The van der Waals surface area contributed by atoms with E-state index in [1.807, 2.05) is 26.0 Å². The van der Waals surface area contributed by atoms with Crippen molar-refractivity contribution in [2.75, 3.05) is 5.73 Å². The molecule has 2 rings (SSSR count). The maximum atomic E-state index is 6.30. The molecule has 0 radical (unpaired) electrons. The Kier molecular flexibility index (Phi) is 4.35. The summed E-state index contributed by atoms with van der Waals surface area (Å²) in [6, 6.07) is 4.03. The van der Waals surface area contributed by atoms with Crippen molar-refractivity contribution >= 4 is 16.7 Å². The quantitative estimate of drug-likeness (QED) is 0.825. The van der Waals surface area contributed by atoms with E-state index in [1.165, 1.54) is 31.2 Å². The number of hydrogen-bond acceptors (Lipinski definition) is 3. The topological polar surface area (TPSA) is 51.8 Å². The first-order valence-corrected chi connectivity index (χ1v) is 7.15. The van der Waals surface area contributed by atoms with Crippen molar-refractivity contribution in [2.24, 2.45) is 0 Å². The zero-order chi connectivity index (χ0) is 13.8. The van der Waals surface area contributed by atoms with E-state index in [0.717, 1.165) is 34.5 Å². The number of aromatic nitrogens is 2. The van der Waals surface area contributed by atoms with E-state index in [2.05, 4.69) is 16.9 Å². The van der Waals surface area contributed by atoms with Crippen LogP contribution in [0.3, 0.4) is 0 Å². The Hall–Kier alpha value is -1.64. The van der Waals surface area contributed by atoms with Gasteiger partial charge >= 0.3 is 0 Å². The first kappa shape index (κ1) is 13.8. The SMILES string of the molecule is CCCCCCc1c(C)nc2nc(C)ccc2c1N. The molecular weight excluding hydrogens is 234 g/mol. The Morgan fingerprint density at radius 2 is 1.84 bits per heavy atom. The molecule has 2 aromatic heterocycles. The van der Waals surface area contributed by atoms with Crippen LogP contribution in [0.15, 0.2) is 12.1 Å². The van der Waals surface area contributed by atoms with Crippen LogP contribution in [0.2, 0.25) is 0 Å². The minimum Gasteiger partial charge on any atom is -0.398 e. The van der Waals surface area contributed by atoms with Gasteiger partial charge in [0.15, 0.2) is 5.65 Å². The number of aryl methyl sites for hydroxylation is 2. The predicted molar refractivity (Wildman–Crippen MR) is 81.3 cm³/mol. The van der Waals surface area contributed by atoms with Crippen molar-refractivity contribution < 1.29 is 0 Å². The van der Waals surface area contributed by atoms with Crippen molar-refractivity contribution in [2.45, 2.75) is 52.9 Å². The fourth-order valence-electron chi connectivity index (χ4n) is 2.47. The molecular formula is C16H23N3. The highest BCUT2D eigenvalue weighted by molar-refractivity contribution is 5.89. The van der Waals surface area contributed by atoms with Gasteiger partial charge in [0.2, 0.25) is 0 Å². The monoisotopic (exact) mass is 257 g/mol. The molecule has 0 atom stereocenters. The number of rotatable bonds is 5. The van der Waals surface area contributed by atoms with Gasteiger partial charge in [-0.2, -0.15) is 0 Å². The van der Waals surface area contributed by atoms with Crippen LogP contribution in [-0.2, 0) is 6.42 Å². The third-order valence-corrected chi connectivity index (χ3v) is 3.62. The van der Waals surface area contributed by atoms with E-state index in [0.29, 0.717) is 0 Å².